The van der Waals surface area contributed by atoms with Crippen LogP contribution in [0.1, 0.15) is 32.6 Å². The van der Waals surface area contributed by atoms with Crippen molar-refractivity contribution in [1.29, 1.82) is 0 Å². The van der Waals surface area contributed by atoms with E-state index < -0.39 is 0 Å². The highest BCUT2D eigenvalue weighted by molar-refractivity contribution is 5.35. The van der Waals surface area contributed by atoms with Gasteiger partial charge in [-0.15, -0.1) is 0 Å². The standard InChI is InChI=1S/C12H18N2O/c1-2-11-7-3-5-9-13(11)12-8-4-6-10-14(12)15/h4,6,8,10-11H,2-3,5,7,9H2,1H3/t11-/m1/s1. The second kappa shape index (κ2) is 4.51. The molecule has 15 heavy (non-hydrogen) atoms. The summed E-state index contributed by atoms with van der Waals surface area (Å²) in [7, 11) is 0. The first-order valence-electron chi connectivity index (χ1n) is 5.77. The second-order valence-corrected chi connectivity index (χ2v) is 4.14. The Morgan fingerprint density at radius 3 is 3.07 bits per heavy atom. The van der Waals surface area contributed by atoms with Crippen LogP contribution >= 0.6 is 0 Å². The van der Waals surface area contributed by atoms with Crippen LogP contribution in [0.25, 0.3) is 0 Å². The van der Waals surface area contributed by atoms with Gasteiger partial charge in [-0.3, -0.25) is 4.90 Å². The normalized spacial score (nSPS) is 21.7. The molecule has 3 heteroatoms. The van der Waals surface area contributed by atoms with Crippen LogP contribution < -0.4 is 9.63 Å². The van der Waals surface area contributed by atoms with E-state index in [1.807, 2.05) is 12.1 Å². The van der Waals surface area contributed by atoms with E-state index in [1.165, 1.54) is 19.3 Å². The molecule has 1 atom stereocenters. The van der Waals surface area contributed by atoms with Gasteiger partial charge in [-0.2, -0.15) is 0 Å². The third kappa shape index (κ3) is 2.06. The predicted octanol–water partition coefficient (Wildman–Crippen LogP) is 2.09. The van der Waals surface area contributed by atoms with Crippen molar-refractivity contribution in [2.75, 3.05) is 11.4 Å². The van der Waals surface area contributed by atoms with Gasteiger partial charge in [-0.05, 0) is 31.7 Å². The summed E-state index contributed by atoms with van der Waals surface area (Å²) >= 11 is 0. The van der Waals surface area contributed by atoms with Crippen molar-refractivity contribution in [1.82, 2.24) is 0 Å². The predicted molar refractivity (Wildman–Crippen MR) is 60.7 cm³/mol. The van der Waals surface area contributed by atoms with E-state index in [1.54, 1.807) is 12.3 Å². The minimum Gasteiger partial charge on any atom is -0.711 e. The van der Waals surface area contributed by atoms with Crippen molar-refractivity contribution < 1.29 is 4.73 Å². The van der Waals surface area contributed by atoms with Crippen molar-refractivity contribution in [2.45, 2.75) is 38.6 Å². The Hall–Kier alpha value is -1.25. The molecule has 1 aromatic heterocycles. The molecule has 1 fully saturated rings. The summed E-state index contributed by atoms with van der Waals surface area (Å²) in [5.41, 5.74) is 0. The molecule has 1 aliphatic rings. The van der Waals surface area contributed by atoms with Crippen molar-refractivity contribution in [2.24, 2.45) is 0 Å². The van der Waals surface area contributed by atoms with E-state index in [0.29, 0.717) is 6.04 Å². The summed E-state index contributed by atoms with van der Waals surface area (Å²) in [5.74, 6) is 0.809. The maximum absolute atomic E-state index is 11.7. The molecule has 82 valence electrons. The zero-order chi connectivity index (χ0) is 10.7. The molecule has 0 spiro atoms. The summed E-state index contributed by atoms with van der Waals surface area (Å²) in [4.78, 5) is 2.26. The van der Waals surface area contributed by atoms with Crippen LogP contribution in [-0.4, -0.2) is 12.6 Å². The van der Waals surface area contributed by atoms with Crippen LogP contribution in [-0.2, 0) is 0 Å². The average Bonchev–Trinajstić information content (AvgIpc) is 2.30. The van der Waals surface area contributed by atoms with Crippen molar-refractivity contribution in [3.63, 3.8) is 0 Å². The fraction of sp³-hybridized carbons (Fsp3) is 0.583. The number of piperidine rings is 1. The maximum Gasteiger partial charge on any atom is 0.279 e. The van der Waals surface area contributed by atoms with Gasteiger partial charge in [0.2, 0.25) is 0 Å². The Morgan fingerprint density at radius 1 is 1.47 bits per heavy atom. The molecule has 0 aromatic carbocycles. The molecule has 3 nitrogen and oxygen atoms in total. The average molecular weight is 206 g/mol. The second-order valence-electron chi connectivity index (χ2n) is 4.14. The smallest absolute Gasteiger partial charge is 0.279 e. The van der Waals surface area contributed by atoms with Gasteiger partial charge in [-0.1, -0.05) is 13.0 Å². The first-order chi connectivity index (χ1) is 7.33. The molecule has 0 aliphatic carbocycles. The van der Waals surface area contributed by atoms with E-state index in [4.69, 9.17) is 0 Å². The Bertz CT molecular complexity index is 327. The molecule has 0 bridgehead atoms. The lowest BCUT2D eigenvalue weighted by Crippen LogP contribution is -2.46. The van der Waals surface area contributed by atoms with Crippen LogP contribution in [0.2, 0.25) is 0 Å². The van der Waals surface area contributed by atoms with Gasteiger partial charge >= 0.3 is 0 Å². The lowest BCUT2D eigenvalue weighted by molar-refractivity contribution is -0.592. The van der Waals surface area contributed by atoms with E-state index in [0.717, 1.165) is 23.5 Å². The third-order valence-corrected chi connectivity index (χ3v) is 3.20. The molecule has 0 saturated carbocycles. The maximum atomic E-state index is 11.7. The number of pyridine rings is 1. The molecule has 0 N–H and O–H groups in total. The summed E-state index contributed by atoms with van der Waals surface area (Å²) in [6.07, 6.45) is 6.41. The van der Waals surface area contributed by atoms with Gasteiger partial charge in [0.1, 0.15) is 0 Å². The monoisotopic (exact) mass is 206 g/mol. The van der Waals surface area contributed by atoms with Crippen LogP contribution in [0.3, 0.4) is 0 Å². The summed E-state index contributed by atoms with van der Waals surface area (Å²) in [6.45, 7) is 3.21. The van der Waals surface area contributed by atoms with Crippen molar-refractivity contribution in [3.05, 3.63) is 29.6 Å². The molecule has 0 radical (unpaired) electrons. The van der Waals surface area contributed by atoms with Crippen LogP contribution in [0.4, 0.5) is 5.82 Å². The molecule has 1 aromatic rings. The fourth-order valence-corrected chi connectivity index (χ4v) is 2.37. The fourth-order valence-electron chi connectivity index (χ4n) is 2.37. The summed E-state index contributed by atoms with van der Waals surface area (Å²) in [6, 6.07) is 6.18. The van der Waals surface area contributed by atoms with Crippen LogP contribution in [0, 0.1) is 5.21 Å². The van der Waals surface area contributed by atoms with Gasteiger partial charge < -0.3 is 5.21 Å². The Balaban J connectivity index is 2.24. The minimum absolute atomic E-state index is 0.543. The minimum atomic E-state index is 0.543. The largest absolute Gasteiger partial charge is 0.711 e. The van der Waals surface area contributed by atoms with Gasteiger partial charge in [0.05, 0.1) is 18.8 Å². The Kier molecular flexibility index (Phi) is 3.09. The molecular formula is C12H18N2O. The third-order valence-electron chi connectivity index (χ3n) is 3.20. The van der Waals surface area contributed by atoms with Crippen molar-refractivity contribution >= 4 is 5.82 Å². The highest BCUT2D eigenvalue weighted by Gasteiger charge is 2.28. The van der Waals surface area contributed by atoms with Crippen molar-refractivity contribution in [3.8, 4) is 0 Å². The number of aromatic nitrogens is 1. The molecule has 2 heterocycles. The molecule has 0 amide bonds. The highest BCUT2D eigenvalue weighted by Crippen LogP contribution is 2.23. The zero-order valence-electron chi connectivity index (χ0n) is 9.22. The summed E-state index contributed by atoms with van der Waals surface area (Å²) in [5, 5.41) is 11.7. The first-order valence-corrected chi connectivity index (χ1v) is 5.77. The number of hydrogen-bond donors (Lipinski definition) is 0. The van der Waals surface area contributed by atoms with Crippen LogP contribution in [0.15, 0.2) is 24.4 Å². The Morgan fingerprint density at radius 2 is 2.33 bits per heavy atom. The quantitative estimate of drug-likeness (QED) is 0.548. The number of hydrogen-bond acceptors (Lipinski definition) is 2. The van der Waals surface area contributed by atoms with E-state index >= 15 is 0 Å². The lowest BCUT2D eigenvalue weighted by atomic mass is 10.00. The number of nitrogens with zero attached hydrogens (tertiary/aromatic N) is 2. The topological polar surface area (TPSA) is 30.2 Å². The number of rotatable bonds is 2. The lowest BCUT2D eigenvalue weighted by Gasteiger charge is -2.31. The van der Waals surface area contributed by atoms with E-state index in [2.05, 4.69) is 11.8 Å². The van der Waals surface area contributed by atoms with Gasteiger partial charge in [-0.25, -0.2) is 4.73 Å². The molecule has 2 rings (SSSR count). The first kappa shape index (κ1) is 10.3. The number of anilines is 1. The van der Waals surface area contributed by atoms with Gasteiger partial charge in [0.25, 0.3) is 5.82 Å². The highest BCUT2D eigenvalue weighted by atomic mass is 16.5. The summed E-state index contributed by atoms with van der Waals surface area (Å²) < 4.78 is 0.980. The van der Waals surface area contributed by atoms with E-state index in [-0.39, 0.29) is 0 Å². The zero-order valence-corrected chi connectivity index (χ0v) is 9.22. The van der Waals surface area contributed by atoms with Gasteiger partial charge in [0.15, 0.2) is 0 Å². The van der Waals surface area contributed by atoms with E-state index in [9.17, 15) is 5.21 Å². The molecule has 0 unspecified atom stereocenters. The Labute approximate surface area is 90.9 Å². The van der Waals surface area contributed by atoms with Gasteiger partial charge in [0, 0.05) is 6.07 Å². The molecule has 1 saturated heterocycles. The molecule has 1 aliphatic heterocycles. The van der Waals surface area contributed by atoms with Crippen LogP contribution in [0.5, 0.6) is 0 Å². The SMILES string of the molecule is CC[C@@H]1CCCCN1c1cccc[n+]1[O-]. The molecular weight excluding hydrogens is 188 g/mol.